The average Bonchev–Trinajstić information content (AvgIpc) is 2.54. The van der Waals surface area contributed by atoms with E-state index >= 15 is 0 Å². The van der Waals surface area contributed by atoms with E-state index in [2.05, 4.69) is 10.6 Å². The maximum Gasteiger partial charge on any atom is 0.252 e. The fourth-order valence-corrected chi connectivity index (χ4v) is 2.53. The lowest BCUT2D eigenvalue weighted by atomic mass is 10.1. The Balaban J connectivity index is 2.09. The lowest BCUT2D eigenvalue weighted by molar-refractivity contribution is -0.122. The molecule has 1 aromatic rings. The summed E-state index contributed by atoms with van der Waals surface area (Å²) in [6.07, 6.45) is 2.48. The van der Waals surface area contributed by atoms with E-state index in [0.717, 1.165) is 12.8 Å². The van der Waals surface area contributed by atoms with Crippen LogP contribution in [-0.2, 0) is 4.79 Å². The molecule has 0 radical (unpaired) electrons. The first-order valence-electron chi connectivity index (χ1n) is 6.11. The lowest BCUT2D eigenvalue weighted by Gasteiger charge is -2.15. The van der Waals surface area contributed by atoms with Gasteiger partial charge >= 0.3 is 0 Å². The summed E-state index contributed by atoms with van der Waals surface area (Å²) in [6, 6.07) is 4.11. The van der Waals surface area contributed by atoms with Gasteiger partial charge in [-0.3, -0.25) is 9.59 Å². The van der Waals surface area contributed by atoms with Crippen LogP contribution < -0.4 is 10.6 Å². The molecule has 1 atom stereocenters. The van der Waals surface area contributed by atoms with Crippen LogP contribution in [0.25, 0.3) is 0 Å². The molecule has 1 heterocycles. The summed E-state index contributed by atoms with van der Waals surface area (Å²) >= 11 is 11.7. The fraction of sp³-hybridized carbons (Fsp3) is 0.385. The van der Waals surface area contributed by atoms with Gasteiger partial charge in [-0.2, -0.15) is 0 Å². The van der Waals surface area contributed by atoms with Crippen LogP contribution in [-0.4, -0.2) is 24.4 Å². The highest BCUT2D eigenvalue weighted by Gasteiger charge is 2.23. The molecule has 6 heteroatoms. The smallest absolute Gasteiger partial charge is 0.252 e. The molecule has 1 unspecified atom stereocenters. The second-order valence-corrected chi connectivity index (χ2v) is 5.34. The van der Waals surface area contributed by atoms with Crippen molar-refractivity contribution < 1.29 is 9.59 Å². The molecule has 0 aromatic heterocycles. The zero-order valence-electron chi connectivity index (χ0n) is 10.2. The van der Waals surface area contributed by atoms with Gasteiger partial charge in [0.25, 0.3) is 5.91 Å². The highest BCUT2D eigenvalue weighted by atomic mass is 35.5. The van der Waals surface area contributed by atoms with Gasteiger partial charge in [0.05, 0.1) is 0 Å². The molecular formula is C13H14Cl2N2O2. The topological polar surface area (TPSA) is 58.2 Å². The van der Waals surface area contributed by atoms with Gasteiger partial charge in [0.1, 0.15) is 6.04 Å². The van der Waals surface area contributed by atoms with Crippen LogP contribution in [0.1, 0.15) is 29.6 Å². The highest BCUT2D eigenvalue weighted by molar-refractivity contribution is 6.35. The first kappa shape index (κ1) is 14.2. The lowest BCUT2D eigenvalue weighted by Crippen LogP contribution is -2.45. The van der Waals surface area contributed by atoms with Crippen LogP contribution in [0.3, 0.4) is 0 Å². The van der Waals surface area contributed by atoms with Crippen LogP contribution in [0.5, 0.6) is 0 Å². The first-order chi connectivity index (χ1) is 9.06. The fourth-order valence-electron chi connectivity index (χ4n) is 2.00. The van der Waals surface area contributed by atoms with Gasteiger partial charge in [0.15, 0.2) is 0 Å². The van der Waals surface area contributed by atoms with E-state index in [-0.39, 0.29) is 11.8 Å². The molecule has 1 aromatic carbocycles. The number of rotatable bonds is 2. The van der Waals surface area contributed by atoms with Crippen molar-refractivity contribution in [2.45, 2.75) is 25.3 Å². The van der Waals surface area contributed by atoms with Crippen LogP contribution in [0.15, 0.2) is 18.2 Å². The minimum Gasteiger partial charge on any atom is -0.354 e. The summed E-state index contributed by atoms with van der Waals surface area (Å²) in [5.74, 6) is -0.481. The molecule has 19 heavy (non-hydrogen) atoms. The Bertz CT molecular complexity index is 485. The number of hydrogen-bond acceptors (Lipinski definition) is 2. The van der Waals surface area contributed by atoms with Gasteiger partial charge in [-0.15, -0.1) is 0 Å². The van der Waals surface area contributed by atoms with Gasteiger partial charge in [-0.25, -0.2) is 0 Å². The quantitative estimate of drug-likeness (QED) is 0.881. The van der Waals surface area contributed by atoms with Crippen molar-refractivity contribution in [1.82, 2.24) is 10.6 Å². The van der Waals surface area contributed by atoms with Gasteiger partial charge in [0.2, 0.25) is 5.91 Å². The van der Waals surface area contributed by atoms with Crippen LogP contribution in [0.4, 0.5) is 0 Å². The largest absolute Gasteiger partial charge is 0.354 e. The Kier molecular flexibility index (Phi) is 4.66. The molecule has 2 rings (SSSR count). The summed E-state index contributed by atoms with van der Waals surface area (Å²) in [5, 5.41) is 6.26. The zero-order chi connectivity index (χ0) is 13.8. The monoisotopic (exact) mass is 300 g/mol. The number of carbonyl (C=O) groups is 2. The molecule has 1 aliphatic heterocycles. The first-order valence-corrected chi connectivity index (χ1v) is 6.86. The number of amides is 2. The van der Waals surface area contributed by atoms with E-state index in [1.165, 1.54) is 12.1 Å². The molecule has 0 bridgehead atoms. The normalized spacial score (nSPS) is 19.5. The second-order valence-electron chi connectivity index (χ2n) is 4.47. The molecule has 1 fully saturated rings. The number of benzene rings is 1. The van der Waals surface area contributed by atoms with Gasteiger partial charge in [0, 0.05) is 22.2 Å². The zero-order valence-corrected chi connectivity index (χ0v) is 11.7. The Morgan fingerprint density at radius 3 is 2.58 bits per heavy atom. The number of nitrogens with one attached hydrogen (secondary N) is 2. The van der Waals surface area contributed by atoms with E-state index in [1.807, 2.05) is 0 Å². The minimum atomic E-state index is -0.493. The molecule has 0 aliphatic carbocycles. The van der Waals surface area contributed by atoms with Crippen molar-refractivity contribution in [3.8, 4) is 0 Å². The SMILES string of the molecule is O=C(NC1CCCCNC1=O)c1cc(Cl)cc(Cl)c1. The van der Waals surface area contributed by atoms with Crippen LogP contribution >= 0.6 is 23.2 Å². The predicted molar refractivity (Wildman–Crippen MR) is 74.6 cm³/mol. The molecule has 4 nitrogen and oxygen atoms in total. The summed E-state index contributed by atoms with van der Waals surface area (Å²) in [7, 11) is 0. The van der Waals surface area contributed by atoms with Gasteiger partial charge in [-0.1, -0.05) is 23.2 Å². The third-order valence-electron chi connectivity index (χ3n) is 2.97. The molecule has 0 saturated carbocycles. The molecule has 1 aliphatic rings. The van der Waals surface area contributed by atoms with Crippen molar-refractivity contribution in [2.75, 3.05) is 6.54 Å². The summed E-state index contributed by atoms with van der Waals surface area (Å²) in [6.45, 7) is 0.661. The highest BCUT2D eigenvalue weighted by Crippen LogP contribution is 2.19. The Morgan fingerprint density at radius 1 is 1.21 bits per heavy atom. The Hall–Kier alpha value is -1.26. The minimum absolute atomic E-state index is 0.140. The van der Waals surface area contributed by atoms with Crippen LogP contribution in [0, 0.1) is 0 Å². The summed E-state index contributed by atoms with van der Waals surface area (Å²) in [5.41, 5.74) is 0.356. The maximum absolute atomic E-state index is 12.1. The van der Waals surface area contributed by atoms with E-state index < -0.39 is 6.04 Å². The summed E-state index contributed by atoms with van der Waals surface area (Å²) in [4.78, 5) is 23.8. The van der Waals surface area contributed by atoms with E-state index in [4.69, 9.17) is 23.2 Å². The molecule has 0 spiro atoms. The second kappa shape index (κ2) is 6.26. The molecule has 2 amide bonds. The third-order valence-corrected chi connectivity index (χ3v) is 3.40. The van der Waals surface area contributed by atoms with E-state index in [9.17, 15) is 9.59 Å². The molecular weight excluding hydrogens is 287 g/mol. The van der Waals surface area contributed by atoms with Gasteiger partial charge in [-0.05, 0) is 37.5 Å². The Morgan fingerprint density at radius 2 is 1.89 bits per heavy atom. The number of halogens is 2. The standard InChI is InChI=1S/C13H14Cl2N2O2/c14-9-5-8(6-10(15)7-9)12(18)17-11-3-1-2-4-16-13(11)19/h5-7,11H,1-4H2,(H,16,19)(H,17,18). The average molecular weight is 301 g/mol. The number of hydrogen-bond donors (Lipinski definition) is 2. The molecule has 2 N–H and O–H groups in total. The van der Waals surface area contributed by atoms with Crippen molar-refractivity contribution >= 4 is 35.0 Å². The van der Waals surface area contributed by atoms with Crippen molar-refractivity contribution in [3.63, 3.8) is 0 Å². The van der Waals surface area contributed by atoms with Crippen molar-refractivity contribution in [2.24, 2.45) is 0 Å². The molecule has 1 saturated heterocycles. The van der Waals surface area contributed by atoms with E-state index in [0.29, 0.717) is 28.6 Å². The predicted octanol–water partition coefficient (Wildman–Crippen LogP) is 2.39. The third kappa shape index (κ3) is 3.85. The van der Waals surface area contributed by atoms with Crippen molar-refractivity contribution in [3.05, 3.63) is 33.8 Å². The van der Waals surface area contributed by atoms with E-state index in [1.54, 1.807) is 6.07 Å². The maximum atomic E-state index is 12.1. The molecule has 102 valence electrons. The van der Waals surface area contributed by atoms with Crippen LogP contribution in [0.2, 0.25) is 10.0 Å². The Labute approximate surface area is 121 Å². The summed E-state index contributed by atoms with van der Waals surface area (Å²) < 4.78 is 0. The number of carbonyl (C=O) groups excluding carboxylic acids is 2. The van der Waals surface area contributed by atoms with Gasteiger partial charge < -0.3 is 10.6 Å². The van der Waals surface area contributed by atoms with Crippen molar-refractivity contribution in [1.29, 1.82) is 0 Å².